The number of nitrogens with zero attached hydrogens (tertiary/aromatic N) is 1. The highest BCUT2D eigenvalue weighted by Crippen LogP contribution is 2.25. The smallest absolute Gasteiger partial charge is 0.225 e. The molecule has 0 spiro atoms. The normalized spacial score (nSPS) is 24.3. The van der Waals surface area contributed by atoms with Gasteiger partial charge in [-0.25, -0.2) is 0 Å². The second-order valence-electron chi connectivity index (χ2n) is 6.62. The predicted molar refractivity (Wildman–Crippen MR) is 90.4 cm³/mol. The molecule has 23 heavy (non-hydrogen) atoms. The van der Waals surface area contributed by atoms with Crippen molar-refractivity contribution in [2.45, 2.75) is 45.3 Å². The van der Waals surface area contributed by atoms with Gasteiger partial charge in [-0.2, -0.15) is 0 Å². The Balaban J connectivity index is 1.80. The third-order valence-corrected chi connectivity index (χ3v) is 4.60. The van der Waals surface area contributed by atoms with Gasteiger partial charge in [0.25, 0.3) is 0 Å². The van der Waals surface area contributed by atoms with E-state index < -0.39 is 6.10 Å². The van der Waals surface area contributed by atoms with E-state index in [1.54, 1.807) is 11.9 Å². The van der Waals surface area contributed by atoms with Gasteiger partial charge in [0.1, 0.15) is 12.4 Å². The Morgan fingerprint density at radius 2 is 2.13 bits per heavy atom. The monoisotopic (exact) mass is 320 g/mol. The van der Waals surface area contributed by atoms with Crippen LogP contribution in [0.2, 0.25) is 0 Å². The lowest BCUT2D eigenvalue weighted by molar-refractivity contribution is -0.136. The Kier molecular flexibility index (Phi) is 6.02. The Hall–Kier alpha value is -1.59. The van der Waals surface area contributed by atoms with E-state index in [0.29, 0.717) is 32.4 Å². The van der Waals surface area contributed by atoms with E-state index >= 15 is 0 Å². The number of aryl methyl sites for hydroxylation is 2. The summed E-state index contributed by atoms with van der Waals surface area (Å²) in [4.78, 5) is 14.1. The number of ether oxygens (including phenoxy) is 1. The molecular formula is C18H28N2O3. The molecule has 0 aromatic heterocycles. The highest BCUT2D eigenvalue weighted by atomic mass is 16.5. The lowest BCUT2D eigenvalue weighted by Crippen LogP contribution is -2.45. The first-order chi connectivity index (χ1) is 10.9. The van der Waals surface area contributed by atoms with E-state index in [1.807, 2.05) is 19.1 Å². The van der Waals surface area contributed by atoms with Crippen molar-refractivity contribution in [1.82, 2.24) is 4.90 Å². The fourth-order valence-corrected chi connectivity index (χ4v) is 3.09. The van der Waals surface area contributed by atoms with Crippen LogP contribution >= 0.6 is 0 Å². The third-order valence-electron chi connectivity index (χ3n) is 4.60. The summed E-state index contributed by atoms with van der Waals surface area (Å²) in [6.45, 7) is 5.08. The lowest BCUT2D eigenvalue weighted by atomic mass is 9.83. The van der Waals surface area contributed by atoms with Crippen LogP contribution in [0.3, 0.4) is 0 Å². The number of aliphatic hydroxyl groups is 1. The van der Waals surface area contributed by atoms with Gasteiger partial charge < -0.3 is 20.5 Å². The molecule has 5 heteroatoms. The number of aliphatic hydroxyl groups excluding tert-OH is 1. The molecule has 1 aliphatic carbocycles. The van der Waals surface area contributed by atoms with Gasteiger partial charge >= 0.3 is 0 Å². The molecule has 2 rings (SSSR count). The van der Waals surface area contributed by atoms with Crippen molar-refractivity contribution in [2.24, 2.45) is 11.7 Å². The summed E-state index contributed by atoms with van der Waals surface area (Å²) < 4.78 is 5.78. The van der Waals surface area contributed by atoms with Gasteiger partial charge in [0.15, 0.2) is 0 Å². The zero-order chi connectivity index (χ0) is 17.0. The molecule has 0 radical (unpaired) electrons. The molecule has 1 amide bonds. The van der Waals surface area contributed by atoms with Crippen LogP contribution in [0.15, 0.2) is 18.2 Å². The molecule has 1 saturated carbocycles. The lowest BCUT2D eigenvalue weighted by Gasteiger charge is -2.32. The van der Waals surface area contributed by atoms with E-state index in [1.165, 1.54) is 5.56 Å². The first-order valence-electron chi connectivity index (χ1n) is 8.27. The van der Waals surface area contributed by atoms with Gasteiger partial charge in [0, 0.05) is 19.0 Å². The van der Waals surface area contributed by atoms with Crippen LogP contribution in [0.1, 0.15) is 30.4 Å². The van der Waals surface area contributed by atoms with Crippen LogP contribution in [0.25, 0.3) is 0 Å². The molecule has 1 aromatic carbocycles. The molecule has 0 bridgehead atoms. The molecular weight excluding hydrogens is 292 g/mol. The largest absolute Gasteiger partial charge is 0.491 e. The third kappa shape index (κ3) is 4.69. The maximum atomic E-state index is 12.4. The van der Waals surface area contributed by atoms with Gasteiger partial charge in [0.2, 0.25) is 5.91 Å². The second-order valence-corrected chi connectivity index (χ2v) is 6.62. The van der Waals surface area contributed by atoms with Crippen LogP contribution in [0, 0.1) is 19.8 Å². The Morgan fingerprint density at radius 1 is 1.39 bits per heavy atom. The molecule has 5 nitrogen and oxygen atoms in total. The summed E-state index contributed by atoms with van der Waals surface area (Å²) in [5, 5.41) is 9.66. The standard InChI is InChI=1S/C18H28N2O3/c1-12-4-7-17(13(2)10-12)23-9-8-20(3)18(22)14-5-6-16(21)15(19)11-14/h4,7,10,14-16,21H,5-6,8-9,11,19H2,1-3H3/t14-,15+,16+/m0/s1. The van der Waals surface area contributed by atoms with E-state index in [0.717, 1.165) is 11.3 Å². The minimum Gasteiger partial charge on any atom is -0.491 e. The SMILES string of the molecule is Cc1ccc(OCCN(C)C(=O)[C@H]2CC[C@@H](O)[C@H](N)C2)c(C)c1. The second kappa shape index (κ2) is 7.79. The number of nitrogens with two attached hydrogens (primary N) is 1. The number of carbonyl (C=O) groups excluding carboxylic acids is 1. The maximum absolute atomic E-state index is 12.4. The topological polar surface area (TPSA) is 75.8 Å². The van der Waals surface area contributed by atoms with Crippen molar-refractivity contribution in [3.63, 3.8) is 0 Å². The quantitative estimate of drug-likeness (QED) is 0.864. The maximum Gasteiger partial charge on any atom is 0.225 e. The van der Waals surface area contributed by atoms with Crippen molar-refractivity contribution in [3.8, 4) is 5.75 Å². The fourth-order valence-electron chi connectivity index (χ4n) is 3.09. The Bertz CT molecular complexity index is 547. The zero-order valence-corrected chi connectivity index (χ0v) is 14.3. The summed E-state index contributed by atoms with van der Waals surface area (Å²) in [6.07, 6.45) is 1.39. The van der Waals surface area contributed by atoms with Gasteiger partial charge in [-0.15, -0.1) is 0 Å². The zero-order valence-electron chi connectivity index (χ0n) is 14.3. The average molecular weight is 320 g/mol. The number of likely N-dealkylation sites (N-methyl/N-ethyl adjacent to an activating group) is 1. The summed E-state index contributed by atoms with van der Waals surface area (Å²) in [7, 11) is 1.80. The van der Waals surface area contributed by atoms with E-state index in [9.17, 15) is 9.90 Å². The molecule has 0 heterocycles. The first kappa shape index (κ1) is 17.8. The van der Waals surface area contributed by atoms with Gasteiger partial charge in [-0.3, -0.25) is 4.79 Å². The molecule has 1 aromatic rings. The number of benzene rings is 1. The van der Waals surface area contributed by atoms with Crippen LogP contribution in [0.4, 0.5) is 0 Å². The predicted octanol–water partition coefficient (Wildman–Crippen LogP) is 1.63. The van der Waals surface area contributed by atoms with Crippen molar-refractivity contribution in [2.75, 3.05) is 20.2 Å². The fraction of sp³-hybridized carbons (Fsp3) is 0.611. The summed E-state index contributed by atoms with van der Waals surface area (Å²) in [6, 6.07) is 5.77. The number of amides is 1. The molecule has 0 saturated heterocycles. The summed E-state index contributed by atoms with van der Waals surface area (Å²) >= 11 is 0. The van der Waals surface area contributed by atoms with Gasteiger partial charge in [0.05, 0.1) is 12.6 Å². The molecule has 3 atom stereocenters. The molecule has 1 aliphatic rings. The van der Waals surface area contributed by atoms with Crippen molar-refractivity contribution in [3.05, 3.63) is 29.3 Å². The van der Waals surface area contributed by atoms with Crippen molar-refractivity contribution >= 4 is 5.91 Å². The number of carbonyl (C=O) groups is 1. The summed E-state index contributed by atoms with van der Waals surface area (Å²) in [5.74, 6) is 0.871. The Labute approximate surface area is 138 Å². The van der Waals surface area contributed by atoms with Crippen LogP contribution in [0.5, 0.6) is 5.75 Å². The first-order valence-corrected chi connectivity index (χ1v) is 8.27. The van der Waals surface area contributed by atoms with Crippen molar-refractivity contribution < 1.29 is 14.6 Å². The molecule has 3 N–H and O–H groups in total. The van der Waals surface area contributed by atoms with E-state index in [4.69, 9.17) is 10.5 Å². The highest BCUT2D eigenvalue weighted by molar-refractivity contribution is 5.78. The minimum absolute atomic E-state index is 0.0838. The van der Waals surface area contributed by atoms with E-state index in [-0.39, 0.29) is 17.9 Å². The van der Waals surface area contributed by atoms with Crippen LogP contribution in [-0.4, -0.2) is 48.3 Å². The molecule has 0 aliphatic heterocycles. The highest BCUT2D eigenvalue weighted by Gasteiger charge is 2.32. The van der Waals surface area contributed by atoms with E-state index in [2.05, 4.69) is 13.0 Å². The Morgan fingerprint density at radius 3 is 2.78 bits per heavy atom. The average Bonchev–Trinajstić information content (AvgIpc) is 2.51. The molecule has 1 fully saturated rings. The number of hydrogen-bond acceptors (Lipinski definition) is 4. The molecule has 128 valence electrons. The van der Waals surface area contributed by atoms with Gasteiger partial charge in [-0.05, 0) is 44.7 Å². The summed E-state index contributed by atoms with van der Waals surface area (Å²) in [5.41, 5.74) is 8.18. The minimum atomic E-state index is -0.475. The van der Waals surface area contributed by atoms with Crippen molar-refractivity contribution in [1.29, 1.82) is 0 Å². The van der Waals surface area contributed by atoms with Crippen LogP contribution in [-0.2, 0) is 4.79 Å². The number of hydrogen-bond donors (Lipinski definition) is 2. The van der Waals surface area contributed by atoms with Gasteiger partial charge in [-0.1, -0.05) is 17.7 Å². The molecule has 0 unspecified atom stereocenters. The number of rotatable bonds is 5. The van der Waals surface area contributed by atoms with Crippen LogP contribution < -0.4 is 10.5 Å².